The van der Waals surface area contributed by atoms with Gasteiger partial charge in [0.25, 0.3) is 5.91 Å². The summed E-state index contributed by atoms with van der Waals surface area (Å²) >= 11 is 0. The van der Waals surface area contributed by atoms with Crippen molar-refractivity contribution in [1.82, 2.24) is 9.55 Å². The van der Waals surface area contributed by atoms with E-state index < -0.39 is 6.61 Å². The Hall–Kier alpha value is -4.72. The van der Waals surface area contributed by atoms with Crippen LogP contribution in [0.3, 0.4) is 0 Å². The maximum absolute atomic E-state index is 13.7. The lowest BCUT2D eigenvalue weighted by Gasteiger charge is -2.14. The van der Waals surface area contributed by atoms with Gasteiger partial charge < -0.3 is 19.4 Å². The first kappa shape index (κ1) is 24.0. The Balaban J connectivity index is 1.56. The second-order valence-corrected chi connectivity index (χ2v) is 8.27. The van der Waals surface area contributed by atoms with E-state index in [0.717, 1.165) is 22.0 Å². The topological polar surface area (TPSA) is 65.4 Å². The first-order valence-electron chi connectivity index (χ1n) is 11.6. The third-order valence-corrected chi connectivity index (χ3v) is 5.77. The van der Waals surface area contributed by atoms with Gasteiger partial charge in [-0.3, -0.25) is 9.78 Å². The first-order valence-corrected chi connectivity index (χ1v) is 11.6. The van der Waals surface area contributed by atoms with Crippen LogP contribution in [0.15, 0.2) is 103 Å². The van der Waals surface area contributed by atoms with E-state index in [1.165, 1.54) is 12.1 Å². The standard InChI is InChI=1S/C29H23F2N3O3/c30-29(31)37-23-14-12-20(13-15-23)18-34-25-11-5-4-10-24(25)27(36-19-21-7-2-1-3-8-21)26(34)28(35)33-22-9-6-16-32-17-22/h1-17,29H,18-19H2,(H,33,35). The van der Waals surface area contributed by atoms with Crippen LogP contribution in [0.4, 0.5) is 14.5 Å². The summed E-state index contributed by atoms with van der Waals surface area (Å²) in [6.45, 7) is -2.31. The fraction of sp³-hybridized carbons (Fsp3) is 0.103. The average Bonchev–Trinajstić information content (AvgIpc) is 3.22. The van der Waals surface area contributed by atoms with Gasteiger partial charge in [0.1, 0.15) is 12.4 Å². The number of alkyl halides is 2. The maximum Gasteiger partial charge on any atom is 0.387 e. The molecule has 37 heavy (non-hydrogen) atoms. The Kier molecular flexibility index (Phi) is 7.07. The van der Waals surface area contributed by atoms with E-state index in [1.807, 2.05) is 59.2 Å². The predicted molar refractivity (Wildman–Crippen MR) is 137 cm³/mol. The zero-order valence-corrected chi connectivity index (χ0v) is 19.7. The number of hydrogen-bond donors (Lipinski definition) is 1. The van der Waals surface area contributed by atoms with E-state index in [2.05, 4.69) is 15.0 Å². The van der Waals surface area contributed by atoms with Crippen LogP contribution in [-0.2, 0) is 13.2 Å². The van der Waals surface area contributed by atoms with Gasteiger partial charge in [-0.2, -0.15) is 8.78 Å². The van der Waals surface area contributed by atoms with E-state index in [-0.39, 0.29) is 18.3 Å². The monoisotopic (exact) mass is 499 g/mol. The Morgan fingerprint density at radius 3 is 2.38 bits per heavy atom. The number of halogens is 2. The van der Waals surface area contributed by atoms with E-state index in [4.69, 9.17) is 4.74 Å². The summed E-state index contributed by atoms with van der Waals surface area (Å²) in [4.78, 5) is 17.7. The van der Waals surface area contributed by atoms with Gasteiger partial charge in [-0.05, 0) is 47.5 Å². The highest BCUT2D eigenvalue weighted by Gasteiger charge is 2.25. The van der Waals surface area contributed by atoms with Crippen LogP contribution in [0.2, 0.25) is 0 Å². The van der Waals surface area contributed by atoms with Crippen molar-refractivity contribution in [2.24, 2.45) is 0 Å². The molecule has 2 aromatic heterocycles. The van der Waals surface area contributed by atoms with Gasteiger partial charge in [0, 0.05) is 18.1 Å². The summed E-state index contributed by atoms with van der Waals surface area (Å²) in [6.07, 6.45) is 3.19. The minimum Gasteiger partial charge on any atom is -0.486 e. The summed E-state index contributed by atoms with van der Waals surface area (Å²) in [5, 5.41) is 3.69. The minimum atomic E-state index is -2.90. The minimum absolute atomic E-state index is 0.0672. The summed E-state index contributed by atoms with van der Waals surface area (Å²) < 4.78 is 37.8. The van der Waals surface area contributed by atoms with Crippen molar-refractivity contribution in [3.63, 3.8) is 0 Å². The van der Waals surface area contributed by atoms with Gasteiger partial charge in [-0.15, -0.1) is 0 Å². The van der Waals surface area contributed by atoms with Crippen LogP contribution in [0.1, 0.15) is 21.6 Å². The lowest BCUT2D eigenvalue weighted by molar-refractivity contribution is -0.0498. The largest absolute Gasteiger partial charge is 0.486 e. The Morgan fingerprint density at radius 2 is 1.65 bits per heavy atom. The molecule has 0 atom stereocenters. The van der Waals surface area contributed by atoms with Crippen molar-refractivity contribution < 1.29 is 23.0 Å². The fourth-order valence-electron chi connectivity index (χ4n) is 4.12. The van der Waals surface area contributed by atoms with E-state index in [1.54, 1.807) is 36.7 Å². The summed E-state index contributed by atoms with van der Waals surface area (Å²) in [5.74, 6) is 0.168. The third-order valence-electron chi connectivity index (χ3n) is 5.77. The number of fused-ring (bicyclic) bond motifs is 1. The highest BCUT2D eigenvalue weighted by molar-refractivity contribution is 6.10. The number of pyridine rings is 1. The zero-order valence-electron chi connectivity index (χ0n) is 19.7. The van der Waals surface area contributed by atoms with Crippen LogP contribution in [0, 0.1) is 0 Å². The van der Waals surface area contributed by atoms with Gasteiger partial charge >= 0.3 is 6.61 Å². The van der Waals surface area contributed by atoms with Gasteiger partial charge in [-0.25, -0.2) is 0 Å². The lowest BCUT2D eigenvalue weighted by atomic mass is 10.2. The molecule has 2 heterocycles. The van der Waals surface area contributed by atoms with Gasteiger partial charge in [0.05, 0.1) is 17.4 Å². The first-order chi connectivity index (χ1) is 18.1. The van der Waals surface area contributed by atoms with Crippen molar-refractivity contribution in [1.29, 1.82) is 0 Å². The van der Waals surface area contributed by atoms with Gasteiger partial charge in [0.15, 0.2) is 11.4 Å². The highest BCUT2D eigenvalue weighted by Crippen LogP contribution is 2.35. The Morgan fingerprint density at radius 1 is 0.892 bits per heavy atom. The van der Waals surface area contributed by atoms with Crippen molar-refractivity contribution >= 4 is 22.5 Å². The molecule has 5 rings (SSSR count). The summed E-state index contributed by atoms with van der Waals surface area (Å²) in [5.41, 5.74) is 3.45. The highest BCUT2D eigenvalue weighted by atomic mass is 19.3. The molecule has 0 saturated heterocycles. The number of nitrogens with one attached hydrogen (secondary N) is 1. The molecule has 3 aromatic carbocycles. The van der Waals surface area contributed by atoms with Gasteiger partial charge in [0.2, 0.25) is 0 Å². The zero-order chi connectivity index (χ0) is 25.6. The van der Waals surface area contributed by atoms with Crippen LogP contribution in [-0.4, -0.2) is 22.1 Å². The molecule has 0 bridgehead atoms. The van der Waals surface area contributed by atoms with Crippen LogP contribution in [0.25, 0.3) is 10.9 Å². The van der Waals surface area contributed by atoms with Crippen molar-refractivity contribution in [2.75, 3.05) is 5.32 Å². The third kappa shape index (κ3) is 5.59. The molecule has 0 unspecified atom stereocenters. The lowest BCUT2D eigenvalue weighted by Crippen LogP contribution is -2.19. The molecule has 6 nitrogen and oxygen atoms in total. The number of hydrogen-bond acceptors (Lipinski definition) is 4. The second-order valence-electron chi connectivity index (χ2n) is 8.27. The average molecular weight is 500 g/mol. The molecule has 8 heteroatoms. The molecule has 1 N–H and O–H groups in total. The van der Waals surface area contributed by atoms with E-state index in [9.17, 15) is 13.6 Å². The van der Waals surface area contributed by atoms with Crippen molar-refractivity contribution in [3.05, 3.63) is 120 Å². The molecule has 0 aliphatic carbocycles. The number of benzene rings is 3. The molecule has 0 radical (unpaired) electrons. The molecular weight excluding hydrogens is 476 g/mol. The molecule has 0 spiro atoms. The second kappa shape index (κ2) is 10.9. The van der Waals surface area contributed by atoms with Crippen molar-refractivity contribution in [3.8, 4) is 11.5 Å². The van der Waals surface area contributed by atoms with E-state index in [0.29, 0.717) is 23.7 Å². The van der Waals surface area contributed by atoms with E-state index >= 15 is 0 Å². The van der Waals surface area contributed by atoms with Gasteiger partial charge in [-0.1, -0.05) is 54.6 Å². The van der Waals surface area contributed by atoms with Crippen LogP contribution in [0.5, 0.6) is 11.5 Å². The quantitative estimate of drug-likeness (QED) is 0.251. The molecule has 186 valence electrons. The van der Waals surface area contributed by atoms with Crippen LogP contribution < -0.4 is 14.8 Å². The maximum atomic E-state index is 13.7. The number of anilines is 1. The molecule has 0 aliphatic rings. The van der Waals surface area contributed by atoms with Crippen molar-refractivity contribution in [2.45, 2.75) is 19.8 Å². The van der Waals surface area contributed by atoms with Crippen LogP contribution >= 0.6 is 0 Å². The number of rotatable bonds is 9. The smallest absolute Gasteiger partial charge is 0.387 e. The summed E-state index contributed by atoms with van der Waals surface area (Å²) in [6, 6.07) is 27.2. The number of aromatic nitrogens is 2. The molecule has 0 aliphatic heterocycles. The Bertz CT molecular complexity index is 1490. The molecule has 1 amide bonds. The molecule has 0 fully saturated rings. The Labute approximate surface area is 212 Å². The number of nitrogens with zero attached hydrogens (tertiary/aromatic N) is 2. The SMILES string of the molecule is O=C(Nc1cccnc1)c1c(OCc2ccccc2)c2ccccc2n1Cc1ccc(OC(F)F)cc1. The normalized spacial score (nSPS) is 11.0. The fourth-order valence-corrected chi connectivity index (χ4v) is 4.12. The number of ether oxygens (including phenoxy) is 2. The number of amides is 1. The number of carbonyl (C=O) groups is 1. The molecule has 5 aromatic rings. The summed E-state index contributed by atoms with van der Waals surface area (Å²) in [7, 11) is 0. The number of carbonyl (C=O) groups excluding carboxylic acids is 1. The predicted octanol–water partition coefficient (Wildman–Crippen LogP) is 6.52. The molecule has 0 saturated carbocycles. The molecular formula is C29H23F2N3O3. The number of para-hydroxylation sites is 1.